The summed E-state index contributed by atoms with van der Waals surface area (Å²) in [6.45, 7) is 2.15. The molecule has 1 heterocycles. The Hall–Kier alpha value is -1.43. The van der Waals surface area contributed by atoms with E-state index in [1.165, 1.54) is 30.6 Å². The molecule has 0 unspecified atom stereocenters. The normalized spacial score (nSPS) is 26.8. The Kier molecular flexibility index (Phi) is 4.24. The minimum absolute atomic E-state index is 0.0965. The lowest BCUT2D eigenvalue weighted by molar-refractivity contribution is -0.142. The Labute approximate surface area is 128 Å². The monoisotopic (exact) mass is 308 g/mol. The molecule has 0 aliphatic heterocycles. The zero-order valence-corrected chi connectivity index (χ0v) is 12.9. The van der Waals surface area contributed by atoms with Crippen LogP contribution in [0.1, 0.15) is 38.3 Å². The van der Waals surface area contributed by atoms with Crippen molar-refractivity contribution in [2.75, 3.05) is 11.9 Å². The van der Waals surface area contributed by atoms with Gasteiger partial charge in [0, 0.05) is 11.3 Å². The van der Waals surface area contributed by atoms with Crippen molar-refractivity contribution in [3.8, 4) is 0 Å². The van der Waals surface area contributed by atoms with Gasteiger partial charge in [-0.3, -0.25) is 9.59 Å². The number of ether oxygens (including phenoxy) is 1. The second-order valence-corrected chi connectivity index (χ2v) is 6.75. The largest absolute Gasteiger partial charge is 0.466 e. The minimum atomic E-state index is -0.284. The number of nitrogens with one attached hydrogen (secondary N) is 1. The van der Waals surface area contributed by atoms with Crippen LogP contribution in [0.15, 0.2) is 5.38 Å². The number of rotatable bonds is 5. The summed E-state index contributed by atoms with van der Waals surface area (Å²) in [6, 6.07) is 0. The molecule has 0 saturated heterocycles. The van der Waals surface area contributed by atoms with Crippen LogP contribution in [-0.4, -0.2) is 23.5 Å². The lowest BCUT2D eigenvalue weighted by Gasteiger charge is -2.19. The fourth-order valence-electron chi connectivity index (χ4n) is 3.57. The van der Waals surface area contributed by atoms with Crippen molar-refractivity contribution in [2.45, 2.75) is 39.0 Å². The molecule has 3 atom stereocenters. The van der Waals surface area contributed by atoms with Crippen molar-refractivity contribution in [1.29, 1.82) is 0 Å². The SMILES string of the molecule is CCOC(=O)Cc1csc(NC(=O)[C@@H]2C[C@H]3CC[C@H]2C3)n1. The molecule has 5 nitrogen and oxygen atoms in total. The van der Waals surface area contributed by atoms with Gasteiger partial charge in [-0.2, -0.15) is 0 Å². The van der Waals surface area contributed by atoms with E-state index in [0.29, 0.717) is 23.4 Å². The van der Waals surface area contributed by atoms with Crippen LogP contribution in [0.4, 0.5) is 5.13 Å². The van der Waals surface area contributed by atoms with Crippen molar-refractivity contribution in [3.05, 3.63) is 11.1 Å². The highest BCUT2D eigenvalue weighted by Gasteiger charge is 2.43. The molecule has 0 aromatic carbocycles. The van der Waals surface area contributed by atoms with E-state index < -0.39 is 0 Å². The Morgan fingerprint density at radius 3 is 2.95 bits per heavy atom. The molecule has 2 aliphatic rings. The molecule has 1 amide bonds. The van der Waals surface area contributed by atoms with Gasteiger partial charge in [0.05, 0.1) is 18.7 Å². The highest BCUT2D eigenvalue weighted by atomic mass is 32.1. The van der Waals surface area contributed by atoms with Crippen molar-refractivity contribution in [1.82, 2.24) is 4.98 Å². The molecule has 1 aromatic heterocycles. The molecule has 2 fully saturated rings. The van der Waals surface area contributed by atoms with E-state index in [4.69, 9.17) is 4.74 Å². The van der Waals surface area contributed by atoms with Crippen molar-refractivity contribution < 1.29 is 14.3 Å². The zero-order valence-electron chi connectivity index (χ0n) is 12.1. The van der Waals surface area contributed by atoms with Gasteiger partial charge >= 0.3 is 5.97 Å². The fourth-order valence-corrected chi connectivity index (χ4v) is 4.28. The molecule has 6 heteroatoms. The smallest absolute Gasteiger partial charge is 0.311 e. The summed E-state index contributed by atoms with van der Waals surface area (Å²) >= 11 is 1.37. The number of hydrogen-bond donors (Lipinski definition) is 1. The van der Waals surface area contributed by atoms with Gasteiger partial charge in [-0.05, 0) is 38.0 Å². The first-order chi connectivity index (χ1) is 10.2. The van der Waals surface area contributed by atoms with E-state index in [1.54, 1.807) is 12.3 Å². The van der Waals surface area contributed by atoms with E-state index >= 15 is 0 Å². The highest BCUT2D eigenvalue weighted by Crippen LogP contribution is 2.48. The number of carbonyl (C=O) groups excluding carboxylic acids is 2. The quantitative estimate of drug-likeness (QED) is 0.849. The first kappa shape index (κ1) is 14.5. The molecule has 2 saturated carbocycles. The summed E-state index contributed by atoms with van der Waals surface area (Å²) < 4.78 is 4.89. The topological polar surface area (TPSA) is 68.3 Å². The predicted octanol–water partition coefficient (Wildman–Crippen LogP) is 2.62. The van der Waals surface area contributed by atoms with Gasteiger partial charge < -0.3 is 10.1 Å². The van der Waals surface area contributed by atoms with E-state index in [-0.39, 0.29) is 24.2 Å². The van der Waals surface area contributed by atoms with Crippen LogP contribution in [0.5, 0.6) is 0 Å². The maximum atomic E-state index is 12.3. The second-order valence-electron chi connectivity index (χ2n) is 5.90. The molecule has 1 N–H and O–H groups in total. The van der Waals surface area contributed by atoms with E-state index in [2.05, 4.69) is 10.3 Å². The van der Waals surface area contributed by atoms with E-state index in [1.807, 2.05) is 0 Å². The first-order valence-corrected chi connectivity index (χ1v) is 8.44. The van der Waals surface area contributed by atoms with Crippen molar-refractivity contribution in [2.24, 2.45) is 17.8 Å². The molecule has 3 rings (SSSR count). The Balaban J connectivity index is 1.54. The molecular weight excluding hydrogens is 288 g/mol. The number of fused-ring (bicyclic) bond motifs is 2. The molecular formula is C15H20N2O3S. The van der Waals surface area contributed by atoms with Crippen LogP contribution in [-0.2, 0) is 20.7 Å². The summed E-state index contributed by atoms with van der Waals surface area (Å²) in [6.07, 6.45) is 4.88. The van der Waals surface area contributed by atoms with Gasteiger partial charge in [0.15, 0.2) is 5.13 Å². The summed E-state index contributed by atoms with van der Waals surface area (Å²) in [5.74, 6) is 1.28. The van der Waals surface area contributed by atoms with E-state index in [0.717, 1.165) is 12.3 Å². The van der Waals surface area contributed by atoms with Gasteiger partial charge in [-0.15, -0.1) is 11.3 Å². The van der Waals surface area contributed by atoms with Crippen molar-refractivity contribution in [3.63, 3.8) is 0 Å². The summed E-state index contributed by atoms with van der Waals surface area (Å²) in [5, 5.41) is 5.29. The Morgan fingerprint density at radius 1 is 1.43 bits per heavy atom. The van der Waals surface area contributed by atoms with Crippen LogP contribution < -0.4 is 5.32 Å². The average molecular weight is 308 g/mol. The van der Waals surface area contributed by atoms with Crippen LogP contribution in [0.25, 0.3) is 0 Å². The third-order valence-electron chi connectivity index (χ3n) is 4.49. The molecule has 0 spiro atoms. The number of esters is 1. The molecule has 0 radical (unpaired) electrons. The predicted molar refractivity (Wildman–Crippen MR) is 80.0 cm³/mol. The van der Waals surface area contributed by atoms with Gasteiger partial charge in [0.2, 0.25) is 5.91 Å². The number of nitrogens with zero attached hydrogens (tertiary/aromatic N) is 1. The number of hydrogen-bond acceptors (Lipinski definition) is 5. The standard InChI is InChI=1S/C15H20N2O3S/c1-2-20-13(18)7-11-8-21-15(16-11)17-14(19)12-6-9-3-4-10(12)5-9/h8-10,12H,2-7H2,1H3,(H,16,17,19)/t9-,10-,12+/m0/s1. The van der Waals surface area contributed by atoms with Gasteiger partial charge in [-0.25, -0.2) is 4.98 Å². The second kappa shape index (κ2) is 6.13. The average Bonchev–Trinajstić information content (AvgIpc) is 3.15. The maximum absolute atomic E-state index is 12.3. The molecule has 114 valence electrons. The van der Waals surface area contributed by atoms with Crippen molar-refractivity contribution >= 4 is 28.3 Å². The molecule has 21 heavy (non-hydrogen) atoms. The Morgan fingerprint density at radius 2 is 2.29 bits per heavy atom. The Bertz CT molecular complexity index is 543. The van der Waals surface area contributed by atoms with Crippen LogP contribution in [0.2, 0.25) is 0 Å². The summed E-state index contributed by atoms with van der Waals surface area (Å²) in [4.78, 5) is 28.0. The number of carbonyl (C=O) groups is 2. The van der Waals surface area contributed by atoms with Gasteiger partial charge in [-0.1, -0.05) is 6.42 Å². The maximum Gasteiger partial charge on any atom is 0.311 e. The summed E-state index contributed by atoms with van der Waals surface area (Å²) in [7, 11) is 0. The number of amides is 1. The minimum Gasteiger partial charge on any atom is -0.466 e. The van der Waals surface area contributed by atoms with Gasteiger partial charge in [0.25, 0.3) is 0 Å². The fraction of sp³-hybridized carbons (Fsp3) is 0.667. The number of aromatic nitrogens is 1. The lowest BCUT2D eigenvalue weighted by Crippen LogP contribution is -2.27. The number of anilines is 1. The summed E-state index contributed by atoms with van der Waals surface area (Å²) in [5.41, 5.74) is 0.654. The van der Waals surface area contributed by atoms with Gasteiger partial charge in [0.1, 0.15) is 0 Å². The molecule has 2 aliphatic carbocycles. The van der Waals surface area contributed by atoms with Crippen LogP contribution in [0, 0.1) is 17.8 Å². The van der Waals surface area contributed by atoms with Crippen LogP contribution >= 0.6 is 11.3 Å². The third kappa shape index (κ3) is 3.26. The third-order valence-corrected chi connectivity index (χ3v) is 5.29. The van der Waals surface area contributed by atoms with E-state index in [9.17, 15) is 9.59 Å². The zero-order chi connectivity index (χ0) is 14.8. The highest BCUT2D eigenvalue weighted by molar-refractivity contribution is 7.13. The van der Waals surface area contributed by atoms with Crippen LogP contribution in [0.3, 0.4) is 0 Å². The molecule has 2 bridgehead atoms. The lowest BCUT2D eigenvalue weighted by atomic mass is 9.88. The molecule has 1 aromatic rings. The first-order valence-electron chi connectivity index (χ1n) is 7.56. The number of thiazole rings is 1.